The molecule has 0 saturated carbocycles. The van der Waals surface area contributed by atoms with Crippen molar-refractivity contribution in [1.29, 1.82) is 0 Å². The van der Waals surface area contributed by atoms with Crippen LogP contribution in [-0.2, 0) is 9.59 Å². The molecule has 0 saturated heterocycles. The molecule has 0 heterocycles. The lowest BCUT2D eigenvalue weighted by molar-refractivity contribution is -0.136. The van der Waals surface area contributed by atoms with Crippen LogP contribution in [0.1, 0.15) is 12.8 Å². The predicted molar refractivity (Wildman–Crippen MR) is 66.2 cm³/mol. The number of carbonyl (C=O) groups excluding carboxylic acids is 1. The second-order valence-electron chi connectivity index (χ2n) is 3.59. The van der Waals surface area contributed by atoms with E-state index in [1.807, 2.05) is 0 Å². The van der Waals surface area contributed by atoms with Crippen molar-refractivity contribution in [3.05, 3.63) is 24.3 Å². The summed E-state index contributed by atoms with van der Waals surface area (Å²) in [5, 5.41) is 17.9. The van der Waals surface area contributed by atoms with Gasteiger partial charge in [0.05, 0.1) is 0 Å². The smallest absolute Gasteiger partial charge is 0.323 e. The Morgan fingerprint density at radius 3 is 2.39 bits per heavy atom. The molecule has 0 radical (unpaired) electrons. The number of carboxylic acid groups (broad SMARTS) is 1. The number of benzene rings is 1. The van der Waals surface area contributed by atoms with Gasteiger partial charge in [-0.1, -0.05) is 0 Å². The highest BCUT2D eigenvalue weighted by atomic mass is 16.4. The molecule has 0 aliphatic heterocycles. The Morgan fingerprint density at radius 2 is 1.89 bits per heavy atom. The largest absolute Gasteiger partial charge is 0.508 e. The molecule has 1 aromatic rings. The van der Waals surface area contributed by atoms with Gasteiger partial charge >= 0.3 is 5.97 Å². The van der Waals surface area contributed by atoms with Crippen LogP contribution >= 0.6 is 0 Å². The van der Waals surface area contributed by atoms with Gasteiger partial charge in [-0.15, -0.1) is 12.3 Å². The SMILES string of the molecule is C#CCCC(=O)N(CC(=O)O)c1ccc(O)cc1. The molecule has 2 N–H and O–H groups in total. The van der Waals surface area contributed by atoms with Crippen LogP contribution in [0.3, 0.4) is 0 Å². The number of hydrogen-bond donors (Lipinski definition) is 2. The van der Waals surface area contributed by atoms with E-state index in [1.165, 1.54) is 24.3 Å². The van der Waals surface area contributed by atoms with E-state index in [1.54, 1.807) is 0 Å². The number of nitrogens with zero attached hydrogens (tertiary/aromatic N) is 1. The molecular weight excluding hydrogens is 234 g/mol. The third kappa shape index (κ3) is 3.83. The first-order valence-electron chi connectivity index (χ1n) is 5.29. The molecule has 0 aliphatic carbocycles. The summed E-state index contributed by atoms with van der Waals surface area (Å²) in [4.78, 5) is 23.7. The lowest BCUT2D eigenvalue weighted by Crippen LogP contribution is -2.35. The summed E-state index contributed by atoms with van der Waals surface area (Å²) in [6.07, 6.45) is 5.41. The number of aromatic hydroxyl groups is 1. The summed E-state index contributed by atoms with van der Waals surface area (Å²) in [5.74, 6) is 0.905. The van der Waals surface area contributed by atoms with Crippen molar-refractivity contribution in [2.24, 2.45) is 0 Å². The standard InChI is InChI=1S/C13H13NO4/c1-2-3-4-12(16)14(9-13(17)18)10-5-7-11(15)8-6-10/h1,5-8,15H,3-4,9H2,(H,17,18). The van der Waals surface area contributed by atoms with Crippen LogP contribution in [-0.4, -0.2) is 28.6 Å². The average molecular weight is 247 g/mol. The van der Waals surface area contributed by atoms with Crippen LogP contribution in [0.2, 0.25) is 0 Å². The van der Waals surface area contributed by atoms with Crippen molar-refractivity contribution in [2.75, 3.05) is 11.4 Å². The molecule has 0 unspecified atom stereocenters. The maximum Gasteiger partial charge on any atom is 0.323 e. The summed E-state index contributed by atoms with van der Waals surface area (Å²) in [5.41, 5.74) is 0.414. The van der Waals surface area contributed by atoms with Gasteiger partial charge < -0.3 is 15.1 Å². The van der Waals surface area contributed by atoms with Gasteiger partial charge in [0.15, 0.2) is 0 Å². The molecule has 0 fully saturated rings. The number of terminal acetylenes is 1. The summed E-state index contributed by atoms with van der Waals surface area (Å²) in [7, 11) is 0. The summed E-state index contributed by atoms with van der Waals surface area (Å²) < 4.78 is 0. The maximum absolute atomic E-state index is 11.8. The highest BCUT2D eigenvalue weighted by Gasteiger charge is 2.18. The predicted octanol–water partition coefficient (Wildman–Crippen LogP) is 1.22. The van der Waals surface area contributed by atoms with Gasteiger partial charge in [-0.05, 0) is 24.3 Å². The van der Waals surface area contributed by atoms with E-state index in [0.717, 1.165) is 4.90 Å². The fourth-order valence-electron chi connectivity index (χ4n) is 1.41. The zero-order valence-electron chi connectivity index (χ0n) is 9.67. The summed E-state index contributed by atoms with van der Waals surface area (Å²) in [6, 6.07) is 5.73. The van der Waals surface area contributed by atoms with Crippen molar-refractivity contribution >= 4 is 17.6 Å². The molecule has 0 aromatic heterocycles. The first kappa shape index (κ1) is 13.6. The fourth-order valence-corrected chi connectivity index (χ4v) is 1.41. The molecule has 0 aliphatic rings. The molecule has 5 heteroatoms. The molecule has 1 rings (SSSR count). The van der Waals surface area contributed by atoms with Crippen molar-refractivity contribution in [3.63, 3.8) is 0 Å². The van der Waals surface area contributed by atoms with Gasteiger partial charge in [0.25, 0.3) is 0 Å². The van der Waals surface area contributed by atoms with Gasteiger partial charge in [0, 0.05) is 18.5 Å². The van der Waals surface area contributed by atoms with Crippen LogP contribution in [0.25, 0.3) is 0 Å². The third-order valence-electron chi connectivity index (χ3n) is 2.24. The van der Waals surface area contributed by atoms with Crippen LogP contribution in [0.5, 0.6) is 5.75 Å². The Labute approximate surface area is 105 Å². The van der Waals surface area contributed by atoms with Crippen LogP contribution in [0.15, 0.2) is 24.3 Å². The first-order valence-corrected chi connectivity index (χ1v) is 5.29. The lowest BCUT2D eigenvalue weighted by atomic mass is 10.2. The minimum absolute atomic E-state index is 0.0464. The van der Waals surface area contributed by atoms with Crippen molar-refractivity contribution in [3.8, 4) is 18.1 Å². The van der Waals surface area contributed by atoms with Crippen LogP contribution in [0.4, 0.5) is 5.69 Å². The first-order chi connectivity index (χ1) is 8.54. The number of phenols is 1. The topological polar surface area (TPSA) is 77.8 Å². The molecule has 18 heavy (non-hydrogen) atoms. The van der Waals surface area contributed by atoms with E-state index in [0.29, 0.717) is 5.69 Å². The molecular formula is C13H13NO4. The molecule has 1 amide bonds. The quantitative estimate of drug-likeness (QED) is 0.767. The number of anilines is 1. The zero-order chi connectivity index (χ0) is 13.5. The fraction of sp³-hybridized carbons (Fsp3) is 0.231. The Kier molecular flexibility index (Phi) is 4.76. The minimum atomic E-state index is -1.11. The Balaban J connectivity index is 2.90. The van der Waals surface area contributed by atoms with Crippen molar-refractivity contribution < 1.29 is 19.8 Å². The molecule has 0 atom stereocenters. The van der Waals surface area contributed by atoms with Gasteiger partial charge in [0.1, 0.15) is 12.3 Å². The number of carbonyl (C=O) groups is 2. The third-order valence-corrected chi connectivity index (χ3v) is 2.24. The summed E-state index contributed by atoms with van der Waals surface area (Å²) in [6.45, 7) is -0.436. The second-order valence-corrected chi connectivity index (χ2v) is 3.59. The van der Waals surface area contributed by atoms with Crippen LogP contribution < -0.4 is 4.90 Å². The number of hydrogen-bond acceptors (Lipinski definition) is 3. The molecule has 0 spiro atoms. The number of amides is 1. The van der Waals surface area contributed by atoms with Crippen LogP contribution in [0, 0.1) is 12.3 Å². The van der Waals surface area contributed by atoms with E-state index in [4.69, 9.17) is 16.6 Å². The highest BCUT2D eigenvalue weighted by Crippen LogP contribution is 2.19. The average Bonchev–Trinajstić information content (AvgIpc) is 2.34. The van der Waals surface area contributed by atoms with Gasteiger partial charge in [0.2, 0.25) is 5.91 Å². The lowest BCUT2D eigenvalue weighted by Gasteiger charge is -2.20. The maximum atomic E-state index is 11.8. The number of phenolic OH excluding ortho intramolecular Hbond substituents is 1. The Hall–Kier alpha value is -2.48. The molecule has 1 aromatic carbocycles. The zero-order valence-corrected chi connectivity index (χ0v) is 9.67. The van der Waals surface area contributed by atoms with Crippen molar-refractivity contribution in [2.45, 2.75) is 12.8 Å². The van der Waals surface area contributed by atoms with Gasteiger partial charge in [-0.2, -0.15) is 0 Å². The van der Waals surface area contributed by atoms with Crippen molar-refractivity contribution in [1.82, 2.24) is 0 Å². The van der Waals surface area contributed by atoms with E-state index in [-0.39, 0.29) is 24.5 Å². The number of carboxylic acids is 1. The normalized spacial score (nSPS) is 9.50. The second kappa shape index (κ2) is 6.30. The van der Waals surface area contributed by atoms with E-state index < -0.39 is 12.5 Å². The van der Waals surface area contributed by atoms with E-state index in [9.17, 15) is 9.59 Å². The minimum Gasteiger partial charge on any atom is -0.508 e. The van der Waals surface area contributed by atoms with E-state index >= 15 is 0 Å². The number of aliphatic carboxylic acids is 1. The van der Waals surface area contributed by atoms with Gasteiger partial charge in [-0.3, -0.25) is 9.59 Å². The molecule has 94 valence electrons. The number of rotatable bonds is 5. The Bertz CT molecular complexity index is 473. The monoisotopic (exact) mass is 247 g/mol. The summed E-state index contributed by atoms with van der Waals surface area (Å²) >= 11 is 0. The van der Waals surface area contributed by atoms with E-state index in [2.05, 4.69) is 5.92 Å². The molecule has 0 bridgehead atoms. The van der Waals surface area contributed by atoms with Gasteiger partial charge in [-0.25, -0.2) is 0 Å². The highest BCUT2D eigenvalue weighted by molar-refractivity contribution is 5.97. The molecule has 5 nitrogen and oxygen atoms in total. The Morgan fingerprint density at radius 1 is 1.28 bits per heavy atom.